The minimum Gasteiger partial charge on any atom is -0.486 e. The van der Waals surface area contributed by atoms with Crippen LogP contribution in [-0.4, -0.2) is 21.7 Å². The molecule has 0 N–H and O–H groups in total. The summed E-state index contributed by atoms with van der Waals surface area (Å²) < 4.78 is 7.62. The van der Waals surface area contributed by atoms with E-state index in [9.17, 15) is 4.79 Å². The van der Waals surface area contributed by atoms with Gasteiger partial charge in [0.25, 0.3) is 0 Å². The van der Waals surface area contributed by atoms with Crippen LogP contribution in [0.5, 0.6) is 5.75 Å². The van der Waals surface area contributed by atoms with Gasteiger partial charge in [-0.15, -0.1) is 0 Å². The van der Waals surface area contributed by atoms with Crippen LogP contribution >= 0.6 is 0 Å². The molecule has 2 rings (SSSR count). The molecule has 1 aromatic heterocycles. The monoisotopic (exact) mass is 222 g/mol. The van der Waals surface area contributed by atoms with E-state index < -0.39 is 0 Å². The van der Waals surface area contributed by atoms with E-state index in [-0.39, 0.29) is 17.3 Å². The molecule has 4 heteroatoms. The number of carbonyl (C=O) groups excluding carboxylic acids is 1. The predicted molar refractivity (Wildman–Crippen MR) is 60.3 cm³/mol. The molecule has 0 radical (unpaired) electrons. The first-order valence-electron chi connectivity index (χ1n) is 5.76. The zero-order valence-corrected chi connectivity index (χ0v) is 10.1. The fourth-order valence-corrected chi connectivity index (χ4v) is 1.85. The van der Waals surface area contributed by atoms with Crippen molar-refractivity contribution in [1.29, 1.82) is 0 Å². The van der Waals surface area contributed by atoms with Crippen LogP contribution in [0.3, 0.4) is 0 Å². The van der Waals surface area contributed by atoms with Crippen molar-refractivity contribution in [2.75, 3.05) is 0 Å². The second-order valence-electron chi connectivity index (χ2n) is 4.89. The number of aromatic nitrogens is 2. The van der Waals surface area contributed by atoms with Crippen molar-refractivity contribution in [3.05, 3.63) is 12.4 Å². The topological polar surface area (TPSA) is 44.1 Å². The lowest BCUT2D eigenvalue weighted by molar-refractivity contribution is -0.148. The molecule has 1 unspecified atom stereocenters. The molecular formula is C12H18N2O2. The molecule has 0 aromatic carbocycles. The summed E-state index contributed by atoms with van der Waals surface area (Å²) in [6.07, 6.45) is 5.18. The first-order chi connectivity index (χ1) is 7.54. The van der Waals surface area contributed by atoms with Gasteiger partial charge in [0.15, 0.2) is 5.75 Å². The summed E-state index contributed by atoms with van der Waals surface area (Å²) in [4.78, 5) is 11.4. The quantitative estimate of drug-likeness (QED) is 0.783. The molecule has 4 nitrogen and oxygen atoms in total. The van der Waals surface area contributed by atoms with Gasteiger partial charge in [-0.05, 0) is 20.3 Å². The van der Waals surface area contributed by atoms with Crippen molar-refractivity contribution < 1.29 is 9.53 Å². The second kappa shape index (κ2) is 3.92. The van der Waals surface area contributed by atoms with Gasteiger partial charge in [0, 0.05) is 13.0 Å². The molecule has 1 aromatic rings. The molecule has 0 amide bonds. The summed E-state index contributed by atoms with van der Waals surface area (Å²) >= 11 is 0. The molecule has 1 fully saturated rings. The van der Waals surface area contributed by atoms with E-state index in [1.54, 1.807) is 6.20 Å². The number of nitrogens with zero attached hydrogens (tertiary/aromatic N) is 2. The minimum absolute atomic E-state index is 0.000670. The normalized spacial score (nSPS) is 22.9. The van der Waals surface area contributed by atoms with Crippen molar-refractivity contribution >= 4 is 5.78 Å². The van der Waals surface area contributed by atoms with Gasteiger partial charge in [0.2, 0.25) is 0 Å². The number of hydrogen-bond acceptors (Lipinski definition) is 3. The Kier molecular flexibility index (Phi) is 2.74. The fraction of sp³-hybridized carbons (Fsp3) is 0.667. The maximum atomic E-state index is 11.4. The smallest absolute Gasteiger partial charge is 0.157 e. The van der Waals surface area contributed by atoms with Crippen LogP contribution in [0.1, 0.15) is 33.6 Å². The Labute approximate surface area is 95.6 Å². The average Bonchev–Trinajstić information content (AvgIpc) is 2.66. The molecule has 0 aliphatic heterocycles. The van der Waals surface area contributed by atoms with Crippen LogP contribution in [0.25, 0.3) is 0 Å². The standard InChI is InChI=1S/C12H18N2O2/c1-4-5-14-8-9(7-13-14)16-11-6-10(15)12(11,2)3/h7-8,11H,4-6H2,1-3H3. The van der Waals surface area contributed by atoms with Gasteiger partial charge in [-0.2, -0.15) is 5.10 Å². The number of rotatable bonds is 4. The van der Waals surface area contributed by atoms with E-state index in [1.807, 2.05) is 24.7 Å². The Balaban J connectivity index is 1.97. The summed E-state index contributed by atoms with van der Waals surface area (Å²) in [5.74, 6) is 1.04. The maximum absolute atomic E-state index is 11.4. The molecule has 0 spiro atoms. The highest BCUT2D eigenvalue weighted by Gasteiger charge is 2.49. The lowest BCUT2D eigenvalue weighted by atomic mass is 9.68. The van der Waals surface area contributed by atoms with E-state index >= 15 is 0 Å². The summed E-state index contributed by atoms with van der Waals surface area (Å²) in [7, 11) is 0. The number of Topliss-reactive ketones (excluding diaryl/α,β-unsaturated/α-hetero) is 1. The van der Waals surface area contributed by atoms with Crippen molar-refractivity contribution in [3.63, 3.8) is 0 Å². The number of aryl methyl sites for hydroxylation is 1. The molecule has 1 saturated carbocycles. The summed E-state index contributed by atoms with van der Waals surface area (Å²) in [6.45, 7) is 6.87. The van der Waals surface area contributed by atoms with Gasteiger partial charge in [-0.3, -0.25) is 9.48 Å². The van der Waals surface area contributed by atoms with Gasteiger partial charge in [-0.1, -0.05) is 6.92 Å². The molecule has 16 heavy (non-hydrogen) atoms. The maximum Gasteiger partial charge on any atom is 0.157 e. The van der Waals surface area contributed by atoms with Crippen LogP contribution in [0, 0.1) is 5.41 Å². The Morgan fingerprint density at radius 3 is 2.94 bits per heavy atom. The van der Waals surface area contributed by atoms with Gasteiger partial charge < -0.3 is 4.74 Å². The number of ether oxygens (including phenoxy) is 1. The Bertz CT molecular complexity index is 395. The van der Waals surface area contributed by atoms with Crippen LogP contribution in [0.2, 0.25) is 0 Å². The third kappa shape index (κ3) is 1.84. The lowest BCUT2D eigenvalue weighted by Gasteiger charge is -2.41. The Morgan fingerprint density at radius 1 is 1.62 bits per heavy atom. The molecule has 88 valence electrons. The van der Waals surface area contributed by atoms with Crippen molar-refractivity contribution in [2.45, 2.75) is 46.3 Å². The first kappa shape index (κ1) is 11.2. The average molecular weight is 222 g/mol. The van der Waals surface area contributed by atoms with E-state index in [0.717, 1.165) is 18.7 Å². The zero-order chi connectivity index (χ0) is 11.8. The Morgan fingerprint density at radius 2 is 2.38 bits per heavy atom. The van der Waals surface area contributed by atoms with Crippen LogP contribution in [0.4, 0.5) is 0 Å². The van der Waals surface area contributed by atoms with Crippen molar-refractivity contribution in [2.24, 2.45) is 5.41 Å². The molecule has 1 atom stereocenters. The van der Waals surface area contributed by atoms with E-state index in [4.69, 9.17) is 4.74 Å². The molecule has 1 heterocycles. The van der Waals surface area contributed by atoms with E-state index in [2.05, 4.69) is 12.0 Å². The molecule has 1 aliphatic rings. The molecule has 1 aliphatic carbocycles. The number of ketones is 1. The van der Waals surface area contributed by atoms with Crippen molar-refractivity contribution in [3.8, 4) is 5.75 Å². The zero-order valence-electron chi connectivity index (χ0n) is 10.1. The van der Waals surface area contributed by atoms with E-state index in [1.165, 1.54) is 0 Å². The number of carbonyl (C=O) groups is 1. The van der Waals surface area contributed by atoms with Gasteiger partial charge in [0.05, 0.1) is 17.8 Å². The molecule has 0 bridgehead atoms. The van der Waals surface area contributed by atoms with Crippen LogP contribution < -0.4 is 4.74 Å². The highest BCUT2D eigenvalue weighted by molar-refractivity contribution is 5.91. The van der Waals surface area contributed by atoms with Gasteiger partial charge in [0.1, 0.15) is 11.9 Å². The first-order valence-corrected chi connectivity index (χ1v) is 5.76. The number of hydrogen-bond donors (Lipinski definition) is 0. The largest absolute Gasteiger partial charge is 0.486 e. The Hall–Kier alpha value is -1.32. The predicted octanol–water partition coefficient (Wildman–Crippen LogP) is 2.04. The fourth-order valence-electron chi connectivity index (χ4n) is 1.85. The second-order valence-corrected chi connectivity index (χ2v) is 4.89. The SMILES string of the molecule is CCCn1cc(OC2CC(=O)C2(C)C)cn1. The molecular weight excluding hydrogens is 204 g/mol. The minimum atomic E-state index is -0.340. The third-order valence-corrected chi connectivity index (χ3v) is 3.23. The van der Waals surface area contributed by atoms with Gasteiger partial charge in [-0.25, -0.2) is 0 Å². The van der Waals surface area contributed by atoms with E-state index in [0.29, 0.717) is 6.42 Å². The highest BCUT2D eigenvalue weighted by Crippen LogP contribution is 2.39. The van der Waals surface area contributed by atoms with Crippen molar-refractivity contribution in [1.82, 2.24) is 9.78 Å². The lowest BCUT2D eigenvalue weighted by Crippen LogP contribution is -2.52. The molecule has 0 saturated heterocycles. The summed E-state index contributed by atoms with van der Waals surface area (Å²) in [5.41, 5.74) is -0.340. The summed E-state index contributed by atoms with van der Waals surface area (Å²) in [5, 5.41) is 4.19. The summed E-state index contributed by atoms with van der Waals surface area (Å²) in [6, 6.07) is 0. The van der Waals surface area contributed by atoms with Crippen LogP contribution in [0.15, 0.2) is 12.4 Å². The van der Waals surface area contributed by atoms with Crippen LogP contribution in [-0.2, 0) is 11.3 Å². The highest BCUT2D eigenvalue weighted by atomic mass is 16.5. The van der Waals surface area contributed by atoms with Gasteiger partial charge >= 0.3 is 0 Å². The third-order valence-electron chi connectivity index (χ3n) is 3.23.